The summed E-state index contributed by atoms with van der Waals surface area (Å²) in [6.07, 6.45) is 0.114. The second-order valence-electron chi connectivity index (χ2n) is 5.38. The molecule has 0 aliphatic carbocycles. The number of carbonyl (C=O) groups excluding carboxylic acids is 1. The molecule has 7 nitrogen and oxygen atoms in total. The van der Waals surface area contributed by atoms with Gasteiger partial charge in [0.25, 0.3) is 0 Å². The number of carbonyl (C=O) groups is 2. The zero-order valence-corrected chi connectivity index (χ0v) is 12.0. The highest BCUT2D eigenvalue weighted by atomic mass is 16.5. The molecule has 0 bridgehead atoms. The highest BCUT2D eigenvalue weighted by Gasteiger charge is 2.27. The summed E-state index contributed by atoms with van der Waals surface area (Å²) < 4.78 is 5.19. The monoisotopic (exact) mass is 303 g/mol. The normalized spacial score (nSPS) is 19.1. The third kappa shape index (κ3) is 2.94. The van der Waals surface area contributed by atoms with E-state index >= 15 is 0 Å². The van der Waals surface area contributed by atoms with Crippen molar-refractivity contribution in [2.24, 2.45) is 5.92 Å². The molecule has 22 heavy (non-hydrogen) atoms. The molecule has 116 valence electrons. The molecule has 1 aromatic carbocycles. The second-order valence-corrected chi connectivity index (χ2v) is 5.38. The predicted molar refractivity (Wildman–Crippen MR) is 78.3 cm³/mol. The molecule has 1 aromatic heterocycles. The third-order valence-electron chi connectivity index (χ3n) is 3.86. The highest BCUT2D eigenvalue weighted by Crippen LogP contribution is 2.19. The summed E-state index contributed by atoms with van der Waals surface area (Å²) in [4.78, 5) is 25.2. The van der Waals surface area contributed by atoms with Crippen molar-refractivity contribution in [1.82, 2.24) is 15.4 Å². The Morgan fingerprint density at radius 2 is 2.23 bits per heavy atom. The van der Waals surface area contributed by atoms with Gasteiger partial charge in [0, 0.05) is 31.6 Å². The number of fused-ring (bicyclic) bond motifs is 1. The highest BCUT2D eigenvalue weighted by molar-refractivity contribution is 5.86. The molecule has 2 heterocycles. The lowest BCUT2D eigenvalue weighted by molar-refractivity contribution is -0.142. The molecule has 0 radical (unpaired) electrons. The number of nitrogens with zero attached hydrogens (tertiary/aromatic N) is 2. The molecule has 1 aliphatic heterocycles. The summed E-state index contributed by atoms with van der Waals surface area (Å²) in [5.41, 5.74) is 1.23. The molecular weight excluding hydrogens is 286 g/mol. The maximum atomic E-state index is 12.5. The third-order valence-corrected chi connectivity index (χ3v) is 3.86. The number of carboxylic acids is 1. The molecule has 0 saturated carbocycles. The van der Waals surface area contributed by atoms with Gasteiger partial charge in [-0.1, -0.05) is 17.3 Å². The first-order chi connectivity index (χ1) is 10.6. The Hall–Kier alpha value is -2.41. The van der Waals surface area contributed by atoms with E-state index in [2.05, 4.69) is 10.5 Å². The van der Waals surface area contributed by atoms with E-state index in [1.807, 2.05) is 18.2 Å². The van der Waals surface area contributed by atoms with Crippen LogP contribution in [0.1, 0.15) is 5.69 Å². The van der Waals surface area contributed by atoms with Crippen LogP contribution in [-0.4, -0.2) is 53.2 Å². The Balaban J connectivity index is 1.74. The zero-order chi connectivity index (χ0) is 15.5. The van der Waals surface area contributed by atoms with Gasteiger partial charge in [0.05, 0.1) is 12.3 Å². The molecule has 7 heteroatoms. The molecule has 1 atom stereocenters. The average molecular weight is 303 g/mol. The number of nitrogens with one attached hydrogen (secondary N) is 1. The van der Waals surface area contributed by atoms with Crippen molar-refractivity contribution in [3.8, 4) is 0 Å². The molecule has 1 fully saturated rings. The number of hydrogen-bond acceptors (Lipinski definition) is 5. The minimum Gasteiger partial charge on any atom is -0.481 e. The number of rotatable bonds is 3. The number of para-hydroxylation sites is 1. The number of carboxylic acid groups (broad SMARTS) is 1. The summed E-state index contributed by atoms with van der Waals surface area (Å²) in [5, 5.41) is 17.0. The molecule has 2 N–H and O–H groups in total. The fourth-order valence-corrected chi connectivity index (χ4v) is 2.62. The predicted octanol–water partition coefficient (Wildman–Crippen LogP) is 0.503. The van der Waals surface area contributed by atoms with E-state index in [1.54, 1.807) is 11.0 Å². The smallest absolute Gasteiger partial charge is 0.309 e. The molecule has 3 rings (SSSR count). The molecule has 0 unspecified atom stereocenters. The van der Waals surface area contributed by atoms with Crippen molar-refractivity contribution in [1.29, 1.82) is 0 Å². The molecule has 2 aromatic rings. The topological polar surface area (TPSA) is 95.7 Å². The van der Waals surface area contributed by atoms with E-state index in [0.717, 1.165) is 5.39 Å². The van der Waals surface area contributed by atoms with Crippen LogP contribution < -0.4 is 5.32 Å². The summed E-state index contributed by atoms with van der Waals surface area (Å²) in [6.45, 7) is 1.69. The van der Waals surface area contributed by atoms with Gasteiger partial charge in [0.2, 0.25) is 5.91 Å². The standard InChI is InChI=1S/C15H17N3O4/c19-14(18-6-5-16-8-10(9-18)15(20)21)7-12-11-3-1-2-4-13(11)22-17-12/h1-4,10,16H,5-9H2,(H,20,21)/t10-/m0/s1. The van der Waals surface area contributed by atoms with Crippen molar-refractivity contribution in [3.63, 3.8) is 0 Å². The van der Waals surface area contributed by atoms with Gasteiger partial charge in [-0.25, -0.2) is 0 Å². The van der Waals surface area contributed by atoms with Crippen LogP contribution in [0.25, 0.3) is 11.0 Å². The van der Waals surface area contributed by atoms with Crippen LogP contribution in [0, 0.1) is 5.92 Å². The van der Waals surface area contributed by atoms with Gasteiger partial charge in [-0.15, -0.1) is 0 Å². The van der Waals surface area contributed by atoms with Crippen LogP contribution in [0.4, 0.5) is 0 Å². The molecule has 1 amide bonds. The van der Waals surface area contributed by atoms with Gasteiger partial charge < -0.3 is 19.8 Å². The van der Waals surface area contributed by atoms with Crippen molar-refractivity contribution in [2.75, 3.05) is 26.2 Å². The van der Waals surface area contributed by atoms with Gasteiger partial charge in [-0.05, 0) is 12.1 Å². The van der Waals surface area contributed by atoms with Crippen molar-refractivity contribution in [3.05, 3.63) is 30.0 Å². The molecular formula is C15H17N3O4. The van der Waals surface area contributed by atoms with E-state index < -0.39 is 11.9 Å². The maximum Gasteiger partial charge on any atom is 0.309 e. The molecule has 1 saturated heterocycles. The Labute approximate surface area is 126 Å². The first-order valence-corrected chi connectivity index (χ1v) is 7.19. The van der Waals surface area contributed by atoms with Crippen LogP contribution in [0.3, 0.4) is 0 Å². The van der Waals surface area contributed by atoms with E-state index in [-0.39, 0.29) is 18.9 Å². The van der Waals surface area contributed by atoms with Crippen LogP contribution >= 0.6 is 0 Å². The Morgan fingerprint density at radius 3 is 3.05 bits per heavy atom. The summed E-state index contributed by atoms with van der Waals surface area (Å²) in [5.74, 6) is -1.60. The van der Waals surface area contributed by atoms with Crippen molar-refractivity contribution in [2.45, 2.75) is 6.42 Å². The van der Waals surface area contributed by atoms with Crippen LogP contribution in [0.2, 0.25) is 0 Å². The zero-order valence-electron chi connectivity index (χ0n) is 12.0. The number of hydrogen-bond donors (Lipinski definition) is 2. The Bertz CT molecular complexity index is 697. The van der Waals surface area contributed by atoms with Crippen LogP contribution in [-0.2, 0) is 16.0 Å². The lowest BCUT2D eigenvalue weighted by Gasteiger charge is -2.21. The average Bonchev–Trinajstić information content (AvgIpc) is 2.75. The maximum absolute atomic E-state index is 12.5. The van der Waals surface area contributed by atoms with Gasteiger partial charge in [0.15, 0.2) is 5.58 Å². The minimum atomic E-state index is -0.890. The van der Waals surface area contributed by atoms with Gasteiger partial charge >= 0.3 is 5.97 Å². The fraction of sp³-hybridized carbons (Fsp3) is 0.400. The number of benzene rings is 1. The summed E-state index contributed by atoms with van der Waals surface area (Å²) in [7, 11) is 0. The SMILES string of the molecule is O=C(O)[C@H]1CNCCN(C(=O)Cc2noc3ccccc23)C1. The van der Waals surface area contributed by atoms with Crippen LogP contribution in [0.5, 0.6) is 0 Å². The van der Waals surface area contributed by atoms with Gasteiger partial charge in [-0.2, -0.15) is 0 Å². The van der Waals surface area contributed by atoms with Gasteiger partial charge in [0.1, 0.15) is 5.69 Å². The van der Waals surface area contributed by atoms with E-state index in [4.69, 9.17) is 9.63 Å². The van der Waals surface area contributed by atoms with E-state index in [1.165, 1.54) is 0 Å². The number of aromatic nitrogens is 1. The lowest BCUT2D eigenvalue weighted by Crippen LogP contribution is -2.39. The lowest BCUT2D eigenvalue weighted by atomic mass is 10.1. The first kappa shape index (κ1) is 14.5. The number of aliphatic carboxylic acids is 1. The van der Waals surface area contributed by atoms with E-state index in [0.29, 0.717) is 30.9 Å². The number of amides is 1. The second kappa shape index (κ2) is 6.15. The summed E-state index contributed by atoms with van der Waals surface area (Å²) >= 11 is 0. The molecule has 0 spiro atoms. The van der Waals surface area contributed by atoms with Crippen LogP contribution in [0.15, 0.2) is 28.8 Å². The summed E-state index contributed by atoms with van der Waals surface area (Å²) in [6, 6.07) is 7.37. The quantitative estimate of drug-likeness (QED) is 0.857. The Kier molecular flexibility index (Phi) is 4.06. The largest absolute Gasteiger partial charge is 0.481 e. The Morgan fingerprint density at radius 1 is 1.41 bits per heavy atom. The van der Waals surface area contributed by atoms with Crippen molar-refractivity contribution < 1.29 is 19.2 Å². The van der Waals surface area contributed by atoms with E-state index in [9.17, 15) is 9.59 Å². The van der Waals surface area contributed by atoms with Gasteiger partial charge in [-0.3, -0.25) is 9.59 Å². The van der Waals surface area contributed by atoms with Crippen molar-refractivity contribution >= 4 is 22.8 Å². The fourth-order valence-electron chi connectivity index (χ4n) is 2.62. The first-order valence-electron chi connectivity index (χ1n) is 7.19. The minimum absolute atomic E-state index is 0.114. The molecule has 1 aliphatic rings.